The van der Waals surface area contributed by atoms with Crippen LogP contribution < -0.4 is 0 Å². The summed E-state index contributed by atoms with van der Waals surface area (Å²) in [6.45, 7) is 4.00. The molecule has 112 valence electrons. The van der Waals surface area contributed by atoms with Gasteiger partial charge >= 0.3 is 0 Å². The second-order valence-electron chi connectivity index (χ2n) is 6.22. The van der Waals surface area contributed by atoms with Gasteiger partial charge in [-0.3, -0.25) is 4.79 Å². The van der Waals surface area contributed by atoms with Gasteiger partial charge in [-0.2, -0.15) is 5.26 Å². The summed E-state index contributed by atoms with van der Waals surface area (Å²) in [5, 5.41) is 29.6. The molecule has 0 aliphatic heterocycles. The number of hydrogen-bond acceptors (Lipinski definition) is 4. The second kappa shape index (κ2) is 4.74. The van der Waals surface area contributed by atoms with Crippen molar-refractivity contribution in [3.05, 3.63) is 51.8 Å². The minimum Gasteiger partial charge on any atom is -0.508 e. The molecule has 2 aliphatic rings. The maximum atomic E-state index is 12.4. The van der Waals surface area contributed by atoms with Crippen molar-refractivity contribution in [2.24, 2.45) is 0 Å². The molecule has 1 atom stereocenters. The van der Waals surface area contributed by atoms with Gasteiger partial charge in [-0.15, -0.1) is 0 Å². The summed E-state index contributed by atoms with van der Waals surface area (Å²) in [5.41, 5.74) is 3.20. The van der Waals surface area contributed by atoms with Gasteiger partial charge in [-0.05, 0) is 56.0 Å². The molecule has 1 aromatic carbocycles. The normalized spacial score (nSPS) is 24.0. The zero-order valence-electron chi connectivity index (χ0n) is 12.6. The number of aliphatic hydroxyl groups excluding tert-OH is 1. The molecule has 0 saturated heterocycles. The van der Waals surface area contributed by atoms with Gasteiger partial charge in [0, 0.05) is 17.4 Å². The van der Waals surface area contributed by atoms with Gasteiger partial charge in [0.25, 0.3) is 0 Å². The molecule has 0 aromatic heterocycles. The van der Waals surface area contributed by atoms with Gasteiger partial charge in [0.1, 0.15) is 5.75 Å². The van der Waals surface area contributed by atoms with Crippen LogP contribution in [-0.2, 0) is 5.41 Å². The summed E-state index contributed by atoms with van der Waals surface area (Å²) >= 11 is 0. The maximum absolute atomic E-state index is 12.4. The van der Waals surface area contributed by atoms with E-state index in [1.54, 1.807) is 6.07 Å². The molecular formula is C18H17NO3. The Morgan fingerprint density at radius 2 is 2.00 bits per heavy atom. The van der Waals surface area contributed by atoms with Crippen molar-refractivity contribution < 1.29 is 15.0 Å². The van der Waals surface area contributed by atoms with Crippen LogP contribution in [0, 0.1) is 11.3 Å². The van der Waals surface area contributed by atoms with E-state index in [1.807, 2.05) is 13.8 Å². The topological polar surface area (TPSA) is 81.3 Å². The van der Waals surface area contributed by atoms with Crippen LogP contribution in [0.15, 0.2) is 40.7 Å². The van der Waals surface area contributed by atoms with Crippen molar-refractivity contribution in [1.82, 2.24) is 0 Å². The van der Waals surface area contributed by atoms with Crippen molar-refractivity contribution in [1.29, 1.82) is 5.26 Å². The van der Waals surface area contributed by atoms with Crippen molar-refractivity contribution in [3.63, 3.8) is 0 Å². The van der Waals surface area contributed by atoms with Gasteiger partial charge in [0.2, 0.25) is 5.78 Å². The number of nitrogens with zero attached hydrogens (tertiary/aromatic N) is 1. The highest BCUT2D eigenvalue weighted by Gasteiger charge is 2.47. The summed E-state index contributed by atoms with van der Waals surface area (Å²) in [7, 11) is 0. The fraction of sp³-hybridized carbons (Fsp3) is 0.333. The van der Waals surface area contributed by atoms with E-state index in [-0.39, 0.29) is 17.9 Å². The number of carbonyl (C=O) groups excluding carboxylic acids is 1. The molecule has 0 heterocycles. The third kappa shape index (κ3) is 1.79. The number of carbonyl (C=O) groups is 1. The molecule has 4 nitrogen and oxygen atoms in total. The first kappa shape index (κ1) is 14.4. The number of phenolic OH excluding ortho intramolecular Hbond substituents is 1. The molecule has 1 unspecified atom stereocenters. The number of hydrogen-bond donors (Lipinski definition) is 2. The van der Waals surface area contributed by atoms with Crippen LogP contribution in [0.5, 0.6) is 5.75 Å². The summed E-state index contributed by atoms with van der Waals surface area (Å²) < 4.78 is 0. The first-order valence-electron chi connectivity index (χ1n) is 7.23. The van der Waals surface area contributed by atoms with Crippen molar-refractivity contribution in [3.8, 4) is 11.8 Å². The Morgan fingerprint density at radius 3 is 2.68 bits per heavy atom. The molecule has 2 aliphatic carbocycles. The van der Waals surface area contributed by atoms with Gasteiger partial charge in [0.05, 0.1) is 6.07 Å². The number of allylic oxidation sites excluding steroid dienone is 4. The van der Waals surface area contributed by atoms with Gasteiger partial charge in [-0.25, -0.2) is 0 Å². The van der Waals surface area contributed by atoms with E-state index in [0.29, 0.717) is 29.5 Å². The van der Waals surface area contributed by atoms with Crippen LogP contribution in [0.2, 0.25) is 0 Å². The van der Waals surface area contributed by atoms with E-state index in [2.05, 4.69) is 6.07 Å². The quantitative estimate of drug-likeness (QED) is 0.774. The van der Waals surface area contributed by atoms with Crippen LogP contribution in [-0.4, -0.2) is 16.0 Å². The Labute approximate surface area is 129 Å². The van der Waals surface area contributed by atoms with Crippen LogP contribution in [0.4, 0.5) is 0 Å². The minimum absolute atomic E-state index is 0.0635. The van der Waals surface area contributed by atoms with E-state index in [4.69, 9.17) is 0 Å². The lowest BCUT2D eigenvalue weighted by atomic mass is 9.59. The summed E-state index contributed by atoms with van der Waals surface area (Å²) in [6.07, 6.45) is 1.23. The molecule has 4 heteroatoms. The molecule has 2 N–H and O–H groups in total. The predicted octanol–water partition coefficient (Wildman–Crippen LogP) is 3.68. The number of Topliss-reactive ketones (excluding diaryl/α,β-unsaturated/α-hetero) is 1. The Bertz CT molecular complexity index is 795. The van der Waals surface area contributed by atoms with Crippen LogP contribution in [0.25, 0.3) is 0 Å². The monoisotopic (exact) mass is 295 g/mol. The number of aromatic hydroxyl groups is 1. The minimum atomic E-state index is -0.718. The number of phenols is 1. The van der Waals surface area contributed by atoms with Crippen molar-refractivity contribution >= 4 is 5.78 Å². The maximum Gasteiger partial charge on any atom is 0.227 e. The van der Waals surface area contributed by atoms with Gasteiger partial charge < -0.3 is 10.2 Å². The highest BCUT2D eigenvalue weighted by Crippen LogP contribution is 2.52. The molecule has 0 spiro atoms. The first-order valence-corrected chi connectivity index (χ1v) is 7.23. The third-order valence-corrected chi connectivity index (χ3v) is 4.96. The molecule has 22 heavy (non-hydrogen) atoms. The fourth-order valence-corrected chi connectivity index (χ4v) is 3.65. The molecular weight excluding hydrogens is 278 g/mol. The Balaban J connectivity index is 2.37. The average Bonchev–Trinajstić information content (AvgIpc) is 2.48. The Kier molecular flexibility index (Phi) is 3.10. The van der Waals surface area contributed by atoms with Crippen molar-refractivity contribution in [2.45, 2.75) is 38.5 Å². The number of benzene rings is 1. The first-order chi connectivity index (χ1) is 10.4. The lowest BCUT2D eigenvalue weighted by Crippen LogP contribution is -2.39. The highest BCUT2D eigenvalue weighted by atomic mass is 16.3. The second-order valence-corrected chi connectivity index (χ2v) is 6.22. The summed E-state index contributed by atoms with van der Waals surface area (Å²) in [6, 6.07) is 6.72. The molecule has 0 radical (unpaired) electrons. The Hall–Kier alpha value is -2.54. The Morgan fingerprint density at radius 1 is 1.27 bits per heavy atom. The zero-order valence-corrected chi connectivity index (χ0v) is 12.6. The third-order valence-electron chi connectivity index (χ3n) is 4.96. The number of ketones is 1. The number of fused-ring (bicyclic) bond motifs is 3. The summed E-state index contributed by atoms with van der Waals surface area (Å²) in [4.78, 5) is 12.4. The average molecular weight is 295 g/mol. The predicted molar refractivity (Wildman–Crippen MR) is 81.6 cm³/mol. The van der Waals surface area contributed by atoms with E-state index >= 15 is 0 Å². The largest absolute Gasteiger partial charge is 0.508 e. The lowest BCUT2D eigenvalue weighted by Gasteiger charge is -2.43. The van der Waals surface area contributed by atoms with E-state index in [0.717, 1.165) is 11.1 Å². The SMILES string of the molecule is CC1=C(C)CC2(CC#N)C(=C(O)C(=O)c3ccc(O)cc32)C1. The number of nitriles is 1. The molecule has 0 amide bonds. The standard InChI is InChI=1S/C18H17NO3/c1-10-7-15-17(22)16(21)13-4-3-12(20)8-14(13)18(15,5-6-19)9-11(10)2/h3-4,8,20,22H,5,7,9H2,1-2H3. The molecule has 0 fully saturated rings. The fourth-order valence-electron chi connectivity index (χ4n) is 3.65. The molecule has 0 bridgehead atoms. The summed E-state index contributed by atoms with van der Waals surface area (Å²) in [5.74, 6) is -0.597. The molecule has 0 saturated carbocycles. The number of rotatable bonds is 1. The zero-order chi connectivity index (χ0) is 16.1. The van der Waals surface area contributed by atoms with Crippen molar-refractivity contribution in [2.75, 3.05) is 0 Å². The molecule has 1 aromatic rings. The molecule has 3 rings (SSSR count). The van der Waals surface area contributed by atoms with E-state index in [9.17, 15) is 20.3 Å². The van der Waals surface area contributed by atoms with Crippen LogP contribution in [0.1, 0.15) is 49.0 Å². The number of aliphatic hydroxyl groups is 1. The van der Waals surface area contributed by atoms with E-state index in [1.165, 1.54) is 12.1 Å². The van der Waals surface area contributed by atoms with Crippen LogP contribution in [0.3, 0.4) is 0 Å². The highest BCUT2D eigenvalue weighted by molar-refractivity contribution is 6.11. The van der Waals surface area contributed by atoms with Gasteiger partial charge in [-0.1, -0.05) is 11.1 Å². The van der Waals surface area contributed by atoms with Gasteiger partial charge in [0.15, 0.2) is 5.76 Å². The smallest absolute Gasteiger partial charge is 0.227 e. The lowest BCUT2D eigenvalue weighted by molar-refractivity contribution is 0.0960. The van der Waals surface area contributed by atoms with E-state index < -0.39 is 11.2 Å². The van der Waals surface area contributed by atoms with Crippen LogP contribution >= 0.6 is 0 Å².